The molecule has 0 unspecified atom stereocenters. The summed E-state index contributed by atoms with van der Waals surface area (Å²) >= 11 is 0. The van der Waals surface area contributed by atoms with Crippen LogP contribution in [0, 0.1) is 0 Å². The minimum atomic E-state index is -0.574. The van der Waals surface area contributed by atoms with Gasteiger partial charge in [-0.25, -0.2) is 9.78 Å². The first-order valence-electron chi connectivity index (χ1n) is 9.79. The Balaban J connectivity index is 1.39. The molecule has 0 radical (unpaired) electrons. The molecule has 154 valence electrons. The van der Waals surface area contributed by atoms with Crippen LogP contribution >= 0.6 is 0 Å². The molecule has 6 heteroatoms. The zero-order valence-electron chi connectivity index (χ0n) is 16.7. The summed E-state index contributed by atoms with van der Waals surface area (Å²) in [5, 5.41) is 2.78. The van der Waals surface area contributed by atoms with Gasteiger partial charge in [-0.15, -0.1) is 0 Å². The quantitative estimate of drug-likeness (QED) is 0.438. The number of para-hydroxylation sites is 1. The number of hydrogen-bond acceptors (Lipinski definition) is 5. The molecule has 4 aromatic rings. The van der Waals surface area contributed by atoms with E-state index in [1.165, 1.54) is 0 Å². The topological polar surface area (TPSA) is 81.4 Å². The first kappa shape index (κ1) is 20.1. The number of carbonyl (C=O) groups is 2. The zero-order chi connectivity index (χ0) is 21.5. The molecule has 1 aromatic heterocycles. The van der Waals surface area contributed by atoms with Gasteiger partial charge in [0.2, 0.25) is 11.8 Å². The van der Waals surface area contributed by atoms with Gasteiger partial charge in [-0.05, 0) is 17.7 Å². The van der Waals surface area contributed by atoms with Crippen molar-refractivity contribution in [1.29, 1.82) is 0 Å². The van der Waals surface area contributed by atoms with E-state index in [9.17, 15) is 9.59 Å². The molecule has 0 fully saturated rings. The van der Waals surface area contributed by atoms with E-state index in [4.69, 9.17) is 9.15 Å². The minimum Gasteiger partial charge on any atom is -0.452 e. The minimum absolute atomic E-state index is 0.113. The summed E-state index contributed by atoms with van der Waals surface area (Å²) in [5.41, 5.74) is 2.43. The molecule has 1 N–H and O–H groups in total. The first-order valence-corrected chi connectivity index (χ1v) is 9.79. The van der Waals surface area contributed by atoms with E-state index in [0.29, 0.717) is 11.4 Å². The Hall–Kier alpha value is -4.19. The van der Waals surface area contributed by atoms with Crippen molar-refractivity contribution < 1.29 is 18.7 Å². The number of nitrogens with zero attached hydrogens (tertiary/aromatic N) is 1. The third-order valence-electron chi connectivity index (χ3n) is 4.57. The molecule has 0 atom stereocenters. The molecular weight excluding hydrogens is 392 g/mol. The highest BCUT2D eigenvalue weighted by molar-refractivity contribution is 6.01. The number of amides is 1. The predicted octanol–water partition coefficient (Wildman–Crippen LogP) is 4.88. The molecule has 0 bridgehead atoms. The van der Waals surface area contributed by atoms with Crippen LogP contribution in [0.2, 0.25) is 0 Å². The van der Waals surface area contributed by atoms with E-state index in [1.807, 2.05) is 60.7 Å². The number of anilines is 1. The van der Waals surface area contributed by atoms with Crippen molar-refractivity contribution in [3.8, 4) is 11.3 Å². The van der Waals surface area contributed by atoms with Crippen molar-refractivity contribution >= 4 is 17.6 Å². The van der Waals surface area contributed by atoms with Crippen LogP contribution in [0.15, 0.2) is 95.5 Å². The van der Waals surface area contributed by atoms with Gasteiger partial charge in [0.05, 0.1) is 23.9 Å². The van der Waals surface area contributed by atoms with E-state index < -0.39 is 5.97 Å². The third kappa shape index (κ3) is 5.25. The second-order valence-corrected chi connectivity index (χ2v) is 6.82. The number of nitrogens with one attached hydrogen (secondary N) is 1. The zero-order valence-corrected chi connectivity index (χ0v) is 16.7. The standard InChI is InChI=1S/C25H20N2O4/c28-23(15-18-9-3-1-4-10-18)27-21-14-8-7-13-20(21)25(29)30-17-24-26-16-22(31-24)19-11-5-2-6-12-19/h1-14,16H,15,17H2,(H,27,28). The number of aromatic nitrogens is 1. The van der Waals surface area contributed by atoms with Crippen molar-refractivity contribution in [1.82, 2.24) is 4.98 Å². The Kier molecular flexibility index (Phi) is 6.18. The molecule has 1 amide bonds. The fourth-order valence-electron chi connectivity index (χ4n) is 3.06. The van der Waals surface area contributed by atoms with Crippen molar-refractivity contribution in [2.24, 2.45) is 0 Å². The highest BCUT2D eigenvalue weighted by Crippen LogP contribution is 2.21. The van der Waals surface area contributed by atoms with Crippen LogP contribution < -0.4 is 5.32 Å². The van der Waals surface area contributed by atoms with Gasteiger partial charge in [-0.2, -0.15) is 0 Å². The van der Waals surface area contributed by atoms with Crippen LogP contribution in [0.25, 0.3) is 11.3 Å². The number of esters is 1. The molecule has 31 heavy (non-hydrogen) atoms. The Bertz CT molecular complexity index is 1170. The van der Waals surface area contributed by atoms with Gasteiger partial charge < -0.3 is 14.5 Å². The molecule has 0 aliphatic heterocycles. The summed E-state index contributed by atoms with van der Waals surface area (Å²) in [5.74, 6) is 0.0970. The van der Waals surface area contributed by atoms with Crippen molar-refractivity contribution in [3.63, 3.8) is 0 Å². The van der Waals surface area contributed by atoms with Gasteiger partial charge in [0.15, 0.2) is 12.4 Å². The Morgan fingerprint density at radius 3 is 2.32 bits per heavy atom. The van der Waals surface area contributed by atoms with Crippen LogP contribution in [0.4, 0.5) is 5.69 Å². The molecule has 1 heterocycles. The molecule has 4 rings (SSSR count). The van der Waals surface area contributed by atoms with Gasteiger partial charge in [0, 0.05) is 5.56 Å². The molecule has 0 saturated carbocycles. The Labute approximate surface area is 179 Å². The third-order valence-corrected chi connectivity index (χ3v) is 4.57. The van der Waals surface area contributed by atoms with E-state index in [0.717, 1.165) is 11.1 Å². The Morgan fingerprint density at radius 1 is 0.871 bits per heavy atom. The van der Waals surface area contributed by atoms with E-state index in [-0.39, 0.29) is 30.4 Å². The predicted molar refractivity (Wildman–Crippen MR) is 116 cm³/mol. The highest BCUT2D eigenvalue weighted by atomic mass is 16.5. The molecular formula is C25H20N2O4. The largest absolute Gasteiger partial charge is 0.452 e. The van der Waals surface area contributed by atoms with Gasteiger partial charge >= 0.3 is 5.97 Å². The maximum absolute atomic E-state index is 12.6. The monoisotopic (exact) mass is 412 g/mol. The first-order chi connectivity index (χ1) is 15.2. The van der Waals surface area contributed by atoms with Crippen LogP contribution in [0.3, 0.4) is 0 Å². The van der Waals surface area contributed by atoms with Crippen molar-refractivity contribution in [3.05, 3.63) is 108 Å². The second kappa shape index (κ2) is 9.54. The Morgan fingerprint density at radius 2 is 1.55 bits per heavy atom. The van der Waals surface area contributed by atoms with E-state index >= 15 is 0 Å². The number of rotatable bonds is 7. The maximum atomic E-state index is 12.6. The molecule has 0 spiro atoms. The fraction of sp³-hybridized carbons (Fsp3) is 0.0800. The normalized spacial score (nSPS) is 10.5. The lowest BCUT2D eigenvalue weighted by atomic mass is 10.1. The average molecular weight is 412 g/mol. The molecule has 0 aliphatic rings. The van der Waals surface area contributed by atoms with Crippen LogP contribution in [-0.2, 0) is 22.6 Å². The summed E-state index contributed by atoms with van der Waals surface area (Å²) in [6, 6.07) is 25.7. The SMILES string of the molecule is O=C(Cc1ccccc1)Nc1ccccc1C(=O)OCc1ncc(-c2ccccc2)o1. The summed E-state index contributed by atoms with van der Waals surface area (Å²) in [7, 11) is 0. The molecule has 3 aromatic carbocycles. The summed E-state index contributed by atoms with van der Waals surface area (Å²) in [6.07, 6.45) is 1.80. The second-order valence-electron chi connectivity index (χ2n) is 6.82. The van der Waals surface area contributed by atoms with E-state index in [1.54, 1.807) is 30.5 Å². The van der Waals surface area contributed by atoms with Gasteiger partial charge in [0.1, 0.15) is 0 Å². The number of carbonyl (C=O) groups excluding carboxylic acids is 2. The average Bonchev–Trinajstić information content (AvgIpc) is 3.28. The van der Waals surface area contributed by atoms with Crippen molar-refractivity contribution in [2.75, 3.05) is 5.32 Å². The fourth-order valence-corrected chi connectivity index (χ4v) is 3.06. The van der Waals surface area contributed by atoms with E-state index in [2.05, 4.69) is 10.3 Å². The summed E-state index contributed by atoms with van der Waals surface area (Å²) in [4.78, 5) is 29.2. The molecule has 0 saturated heterocycles. The van der Waals surface area contributed by atoms with Crippen LogP contribution in [0.1, 0.15) is 21.8 Å². The van der Waals surface area contributed by atoms with Gasteiger partial charge in [0.25, 0.3) is 0 Å². The molecule has 6 nitrogen and oxygen atoms in total. The van der Waals surface area contributed by atoms with Crippen molar-refractivity contribution in [2.45, 2.75) is 13.0 Å². The lowest BCUT2D eigenvalue weighted by Crippen LogP contribution is -2.17. The number of ether oxygens (including phenoxy) is 1. The van der Waals surface area contributed by atoms with Gasteiger partial charge in [-0.3, -0.25) is 4.79 Å². The number of benzene rings is 3. The van der Waals surface area contributed by atoms with Crippen LogP contribution in [-0.4, -0.2) is 16.9 Å². The van der Waals surface area contributed by atoms with Gasteiger partial charge in [-0.1, -0.05) is 72.8 Å². The lowest BCUT2D eigenvalue weighted by Gasteiger charge is -2.10. The smallest absolute Gasteiger partial charge is 0.340 e. The lowest BCUT2D eigenvalue weighted by molar-refractivity contribution is -0.115. The molecule has 0 aliphatic carbocycles. The van der Waals surface area contributed by atoms with Crippen LogP contribution in [0.5, 0.6) is 0 Å². The highest BCUT2D eigenvalue weighted by Gasteiger charge is 2.16. The number of hydrogen-bond donors (Lipinski definition) is 1. The maximum Gasteiger partial charge on any atom is 0.340 e. The number of oxazole rings is 1. The summed E-state index contributed by atoms with van der Waals surface area (Å²) < 4.78 is 11.0. The summed E-state index contributed by atoms with van der Waals surface area (Å²) in [6.45, 7) is -0.113.